The molecule has 3 nitrogen and oxygen atoms in total. The molecule has 1 aromatic carbocycles. The molecule has 0 aromatic heterocycles. The molecule has 0 bridgehead atoms. The first-order chi connectivity index (χ1) is 8.74. The van der Waals surface area contributed by atoms with Gasteiger partial charge in [-0.15, -0.1) is 0 Å². The quantitative estimate of drug-likeness (QED) is 0.890. The highest BCUT2D eigenvalue weighted by molar-refractivity contribution is 6.30. The molecule has 1 N–H and O–H groups in total. The van der Waals surface area contributed by atoms with Gasteiger partial charge in [0.15, 0.2) is 0 Å². The molecule has 1 amide bonds. The van der Waals surface area contributed by atoms with Gasteiger partial charge < -0.3 is 10.1 Å². The number of ether oxygens (including phenoxy) is 1. The zero-order valence-electron chi connectivity index (χ0n) is 10.3. The molecule has 4 heteroatoms. The average molecular weight is 268 g/mol. The van der Waals surface area contributed by atoms with Crippen LogP contribution in [0.1, 0.15) is 18.4 Å². The summed E-state index contributed by atoms with van der Waals surface area (Å²) in [5.74, 6) is 0.678. The summed E-state index contributed by atoms with van der Waals surface area (Å²) in [4.78, 5) is 11.7. The summed E-state index contributed by atoms with van der Waals surface area (Å²) >= 11 is 5.79. The van der Waals surface area contributed by atoms with Gasteiger partial charge in [-0.05, 0) is 36.5 Å². The lowest BCUT2D eigenvalue weighted by Gasteiger charge is -2.08. The van der Waals surface area contributed by atoms with Crippen LogP contribution >= 0.6 is 11.6 Å². The van der Waals surface area contributed by atoms with Crippen LogP contribution in [0.25, 0.3) is 0 Å². The Labute approximate surface area is 112 Å². The van der Waals surface area contributed by atoms with Crippen LogP contribution in [0, 0.1) is 5.92 Å². The summed E-state index contributed by atoms with van der Waals surface area (Å²) < 4.78 is 5.30. The van der Waals surface area contributed by atoms with E-state index >= 15 is 0 Å². The molecule has 0 aliphatic carbocycles. The second-order valence-corrected chi connectivity index (χ2v) is 5.11. The first-order valence-corrected chi connectivity index (χ1v) is 6.71. The number of hydrogen-bond acceptors (Lipinski definition) is 2. The minimum absolute atomic E-state index is 0.0660. The Morgan fingerprint density at radius 2 is 2.17 bits per heavy atom. The van der Waals surface area contributed by atoms with Crippen molar-refractivity contribution in [3.63, 3.8) is 0 Å². The van der Waals surface area contributed by atoms with Gasteiger partial charge in [0, 0.05) is 24.8 Å². The lowest BCUT2D eigenvalue weighted by atomic mass is 10.1. The topological polar surface area (TPSA) is 38.3 Å². The molecule has 1 aliphatic rings. The van der Waals surface area contributed by atoms with Gasteiger partial charge >= 0.3 is 0 Å². The van der Waals surface area contributed by atoms with E-state index in [9.17, 15) is 4.79 Å². The molecular weight excluding hydrogens is 250 g/mol. The van der Waals surface area contributed by atoms with Crippen LogP contribution in [-0.2, 0) is 16.0 Å². The van der Waals surface area contributed by atoms with Crippen LogP contribution in [0.3, 0.4) is 0 Å². The minimum atomic E-state index is 0.0660. The molecule has 1 heterocycles. The number of carbonyl (C=O) groups excluding carboxylic acids is 1. The number of rotatable bonds is 5. The molecule has 1 fully saturated rings. The van der Waals surface area contributed by atoms with Crippen molar-refractivity contribution in [1.82, 2.24) is 5.32 Å². The molecule has 0 unspecified atom stereocenters. The fourth-order valence-corrected chi connectivity index (χ4v) is 2.20. The van der Waals surface area contributed by atoms with E-state index < -0.39 is 0 Å². The van der Waals surface area contributed by atoms with Crippen LogP contribution in [0.4, 0.5) is 0 Å². The van der Waals surface area contributed by atoms with Crippen molar-refractivity contribution in [1.29, 1.82) is 0 Å². The Bertz CT molecular complexity index is 385. The van der Waals surface area contributed by atoms with Crippen molar-refractivity contribution < 1.29 is 9.53 Å². The van der Waals surface area contributed by atoms with Gasteiger partial charge in [0.1, 0.15) is 0 Å². The molecule has 1 atom stereocenters. The van der Waals surface area contributed by atoms with Gasteiger partial charge in [-0.2, -0.15) is 0 Å². The molecule has 0 saturated carbocycles. The van der Waals surface area contributed by atoms with Crippen molar-refractivity contribution in [2.45, 2.75) is 19.3 Å². The fourth-order valence-electron chi connectivity index (χ4n) is 2.08. The summed E-state index contributed by atoms with van der Waals surface area (Å²) in [5.41, 5.74) is 0.987. The molecule has 98 valence electrons. The maximum atomic E-state index is 11.7. The first-order valence-electron chi connectivity index (χ1n) is 6.33. The van der Waals surface area contributed by atoms with Crippen LogP contribution in [0.5, 0.6) is 0 Å². The maximum absolute atomic E-state index is 11.7. The predicted molar refractivity (Wildman–Crippen MR) is 71.7 cm³/mol. The van der Waals surface area contributed by atoms with Gasteiger partial charge in [0.25, 0.3) is 0 Å². The molecule has 1 aliphatic heterocycles. The highest BCUT2D eigenvalue weighted by Crippen LogP contribution is 2.15. The SMILES string of the molecule is O=C(Cc1ccc(Cl)cc1)NCC[C@H]1CCOC1. The second kappa shape index (κ2) is 6.76. The Hall–Kier alpha value is -1.06. The lowest BCUT2D eigenvalue weighted by molar-refractivity contribution is -0.120. The van der Waals surface area contributed by atoms with Crippen LogP contribution in [0.2, 0.25) is 5.02 Å². The number of hydrogen-bond donors (Lipinski definition) is 1. The summed E-state index contributed by atoms with van der Waals surface area (Å²) in [5, 5.41) is 3.64. The van der Waals surface area contributed by atoms with Crippen LogP contribution in [-0.4, -0.2) is 25.7 Å². The average Bonchev–Trinajstić information content (AvgIpc) is 2.85. The monoisotopic (exact) mass is 267 g/mol. The highest BCUT2D eigenvalue weighted by atomic mass is 35.5. The first kappa shape index (κ1) is 13.4. The van der Waals surface area contributed by atoms with Crippen molar-refractivity contribution in [3.05, 3.63) is 34.9 Å². The van der Waals surface area contributed by atoms with Gasteiger partial charge in [0.05, 0.1) is 6.42 Å². The van der Waals surface area contributed by atoms with Crippen LogP contribution < -0.4 is 5.32 Å². The Kier molecular flexibility index (Phi) is 5.02. The number of amides is 1. The fraction of sp³-hybridized carbons (Fsp3) is 0.500. The van der Waals surface area contributed by atoms with E-state index in [0.29, 0.717) is 17.4 Å². The number of nitrogens with one attached hydrogen (secondary N) is 1. The molecule has 0 spiro atoms. The van der Waals surface area contributed by atoms with Crippen molar-refractivity contribution in [3.8, 4) is 0 Å². The summed E-state index contributed by atoms with van der Waals surface area (Å²) in [6.07, 6.45) is 2.54. The number of halogens is 1. The molecule has 18 heavy (non-hydrogen) atoms. The molecule has 0 radical (unpaired) electrons. The smallest absolute Gasteiger partial charge is 0.224 e. The third kappa shape index (κ3) is 4.31. The van der Waals surface area contributed by atoms with E-state index in [1.165, 1.54) is 0 Å². The van der Waals surface area contributed by atoms with Gasteiger partial charge in [-0.25, -0.2) is 0 Å². The zero-order chi connectivity index (χ0) is 12.8. The summed E-state index contributed by atoms with van der Waals surface area (Å²) in [7, 11) is 0. The number of benzene rings is 1. The highest BCUT2D eigenvalue weighted by Gasteiger charge is 2.15. The second-order valence-electron chi connectivity index (χ2n) is 4.67. The molecule has 1 aromatic rings. The van der Waals surface area contributed by atoms with Crippen molar-refractivity contribution >= 4 is 17.5 Å². The maximum Gasteiger partial charge on any atom is 0.224 e. The zero-order valence-corrected chi connectivity index (χ0v) is 11.1. The Morgan fingerprint density at radius 3 is 2.83 bits per heavy atom. The van der Waals surface area contributed by atoms with E-state index in [1.54, 1.807) is 12.1 Å². The molecular formula is C14H18ClNO2. The Balaban J connectivity index is 1.66. The third-order valence-electron chi connectivity index (χ3n) is 3.18. The van der Waals surface area contributed by atoms with E-state index in [0.717, 1.165) is 38.2 Å². The lowest BCUT2D eigenvalue weighted by Crippen LogP contribution is -2.27. The summed E-state index contributed by atoms with van der Waals surface area (Å²) in [6, 6.07) is 7.37. The van der Waals surface area contributed by atoms with Gasteiger partial charge in [-0.3, -0.25) is 4.79 Å². The minimum Gasteiger partial charge on any atom is -0.381 e. The third-order valence-corrected chi connectivity index (χ3v) is 3.43. The van der Waals surface area contributed by atoms with E-state index in [1.807, 2.05) is 12.1 Å². The van der Waals surface area contributed by atoms with Gasteiger partial charge in [0.2, 0.25) is 5.91 Å². The van der Waals surface area contributed by atoms with Crippen LogP contribution in [0.15, 0.2) is 24.3 Å². The molecule has 1 saturated heterocycles. The van der Waals surface area contributed by atoms with Gasteiger partial charge in [-0.1, -0.05) is 23.7 Å². The predicted octanol–water partition coefficient (Wildman–Crippen LogP) is 2.43. The molecule has 2 rings (SSSR count). The van der Waals surface area contributed by atoms with Crippen molar-refractivity contribution in [2.75, 3.05) is 19.8 Å². The van der Waals surface area contributed by atoms with E-state index in [-0.39, 0.29) is 5.91 Å². The normalized spacial score (nSPS) is 18.8. The summed E-state index contributed by atoms with van der Waals surface area (Å²) in [6.45, 7) is 2.44. The van der Waals surface area contributed by atoms with E-state index in [2.05, 4.69) is 5.32 Å². The standard InChI is InChI=1S/C14H18ClNO2/c15-13-3-1-11(2-4-13)9-14(17)16-7-5-12-6-8-18-10-12/h1-4,12H,5-10H2,(H,16,17)/t12-/m0/s1. The van der Waals surface area contributed by atoms with Crippen molar-refractivity contribution in [2.24, 2.45) is 5.92 Å². The van der Waals surface area contributed by atoms with E-state index in [4.69, 9.17) is 16.3 Å². The Morgan fingerprint density at radius 1 is 1.39 bits per heavy atom. The number of carbonyl (C=O) groups is 1. The largest absolute Gasteiger partial charge is 0.381 e.